The van der Waals surface area contributed by atoms with E-state index in [1.807, 2.05) is 13.0 Å². The number of anilines is 1. The molecule has 0 heterocycles. The van der Waals surface area contributed by atoms with Crippen molar-refractivity contribution in [2.24, 2.45) is 0 Å². The molecule has 0 bridgehead atoms. The molecule has 1 rings (SSSR count). The molecule has 82 valence electrons. The second kappa shape index (κ2) is 5.61. The molecule has 0 fully saturated rings. The van der Waals surface area contributed by atoms with Gasteiger partial charge >= 0.3 is 0 Å². The largest absolute Gasteiger partial charge is 0.398 e. The quantitative estimate of drug-likeness (QED) is 0.775. The molecule has 1 aromatic rings. The van der Waals surface area contributed by atoms with Gasteiger partial charge < -0.3 is 11.1 Å². The van der Waals surface area contributed by atoms with Crippen molar-refractivity contribution in [1.82, 2.24) is 5.32 Å². The highest BCUT2D eigenvalue weighted by atomic mass is 35.5. The number of nitrogen functional groups attached to an aromatic ring is 1. The van der Waals surface area contributed by atoms with Gasteiger partial charge in [0, 0.05) is 23.7 Å². The number of rotatable bonds is 4. The zero-order valence-electron chi connectivity index (χ0n) is 8.72. The van der Waals surface area contributed by atoms with E-state index in [4.69, 9.17) is 17.3 Å². The fourth-order valence-electron chi connectivity index (χ4n) is 1.24. The van der Waals surface area contributed by atoms with E-state index >= 15 is 0 Å². The number of hydrogen-bond acceptors (Lipinski definition) is 2. The van der Waals surface area contributed by atoms with Crippen molar-refractivity contribution < 1.29 is 4.79 Å². The summed E-state index contributed by atoms with van der Waals surface area (Å²) in [5, 5.41) is 3.41. The van der Waals surface area contributed by atoms with Crippen molar-refractivity contribution in [2.45, 2.75) is 26.3 Å². The summed E-state index contributed by atoms with van der Waals surface area (Å²) in [6.07, 6.45) is 1.40. The van der Waals surface area contributed by atoms with Crippen molar-refractivity contribution in [3.63, 3.8) is 0 Å². The normalized spacial score (nSPS) is 10.0. The first-order valence-electron chi connectivity index (χ1n) is 4.94. The Morgan fingerprint density at radius 1 is 1.53 bits per heavy atom. The van der Waals surface area contributed by atoms with Crippen LogP contribution in [0, 0.1) is 0 Å². The molecule has 0 spiro atoms. The fourth-order valence-corrected chi connectivity index (χ4v) is 1.42. The Morgan fingerprint density at radius 3 is 2.87 bits per heavy atom. The standard InChI is InChI=1S/C11H15ClN2O/c1-2-3-11(15)14-7-8-4-5-9(12)6-10(8)13/h4-6H,2-3,7,13H2,1H3,(H,14,15). The molecule has 15 heavy (non-hydrogen) atoms. The number of carbonyl (C=O) groups excluding carboxylic acids is 1. The summed E-state index contributed by atoms with van der Waals surface area (Å²) < 4.78 is 0. The monoisotopic (exact) mass is 226 g/mol. The maximum atomic E-state index is 11.2. The highest BCUT2D eigenvalue weighted by molar-refractivity contribution is 6.30. The summed E-state index contributed by atoms with van der Waals surface area (Å²) >= 11 is 5.76. The number of nitrogens with one attached hydrogen (secondary N) is 1. The summed E-state index contributed by atoms with van der Waals surface area (Å²) in [6.45, 7) is 2.43. The second-order valence-electron chi connectivity index (χ2n) is 3.37. The topological polar surface area (TPSA) is 55.1 Å². The van der Waals surface area contributed by atoms with Crippen molar-refractivity contribution in [2.75, 3.05) is 5.73 Å². The van der Waals surface area contributed by atoms with Crippen LogP contribution in [0.1, 0.15) is 25.3 Å². The summed E-state index contributed by atoms with van der Waals surface area (Å²) in [5.41, 5.74) is 7.25. The minimum absolute atomic E-state index is 0.0480. The van der Waals surface area contributed by atoms with E-state index in [0.29, 0.717) is 23.7 Å². The van der Waals surface area contributed by atoms with E-state index in [2.05, 4.69) is 5.32 Å². The van der Waals surface area contributed by atoms with Crippen LogP contribution in [0.4, 0.5) is 5.69 Å². The van der Waals surface area contributed by atoms with Crippen LogP contribution in [0.2, 0.25) is 5.02 Å². The van der Waals surface area contributed by atoms with Crippen molar-refractivity contribution in [3.8, 4) is 0 Å². The van der Waals surface area contributed by atoms with Crippen LogP contribution in [0.5, 0.6) is 0 Å². The zero-order chi connectivity index (χ0) is 11.3. The van der Waals surface area contributed by atoms with Gasteiger partial charge in [-0.05, 0) is 24.1 Å². The lowest BCUT2D eigenvalue weighted by Gasteiger charge is -2.07. The molecule has 0 aliphatic rings. The second-order valence-corrected chi connectivity index (χ2v) is 3.81. The Balaban J connectivity index is 2.54. The summed E-state index contributed by atoms with van der Waals surface area (Å²) in [4.78, 5) is 11.2. The van der Waals surface area contributed by atoms with E-state index in [1.165, 1.54) is 0 Å². The lowest BCUT2D eigenvalue weighted by molar-refractivity contribution is -0.121. The van der Waals surface area contributed by atoms with Crippen molar-refractivity contribution in [3.05, 3.63) is 28.8 Å². The number of amides is 1. The Hall–Kier alpha value is -1.22. The van der Waals surface area contributed by atoms with Gasteiger partial charge in [0.1, 0.15) is 0 Å². The number of hydrogen-bond donors (Lipinski definition) is 2. The van der Waals surface area contributed by atoms with E-state index in [0.717, 1.165) is 12.0 Å². The average molecular weight is 227 g/mol. The Labute approximate surface area is 94.6 Å². The molecule has 0 unspecified atom stereocenters. The molecule has 1 amide bonds. The van der Waals surface area contributed by atoms with Gasteiger partial charge in [-0.3, -0.25) is 4.79 Å². The average Bonchev–Trinajstić information content (AvgIpc) is 2.17. The smallest absolute Gasteiger partial charge is 0.220 e. The van der Waals surface area contributed by atoms with Crippen molar-refractivity contribution in [1.29, 1.82) is 0 Å². The Bertz CT molecular complexity index is 352. The lowest BCUT2D eigenvalue weighted by atomic mass is 10.2. The first-order chi connectivity index (χ1) is 7.13. The van der Waals surface area contributed by atoms with Gasteiger partial charge in [-0.1, -0.05) is 24.6 Å². The maximum absolute atomic E-state index is 11.2. The van der Waals surface area contributed by atoms with Crippen LogP contribution in [-0.4, -0.2) is 5.91 Å². The fraction of sp³-hybridized carbons (Fsp3) is 0.364. The third-order valence-corrected chi connectivity index (χ3v) is 2.30. The number of benzene rings is 1. The van der Waals surface area contributed by atoms with Gasteiger partial charge in [0.05, 0.1) is 0 Å². The molecule has 0 saturated carbocycles. The first kappa shape index (κ1) is 11.9. The molecule has 3 nitrogen and oxygen atoms in total. The van der Waals surface area contributed by atoms with Gasteiger partial charge in [-0.25, -0.2) is 0 Å². The highest BCUT2D eigenvalue weighted by Gasteiger charge is 2.02. The van der Waals surface area contributed by atoms with Crippen LogP contribution in [-0.2, 0) is 11.3 Å². The molecule has 1 aromatic carbocycles. The number of nitrogens with two attached hydrogens (primary N) is 1. The number of carbonyl (C=O) groups is 1. The predicted molar refractivity (Wildman–Crippen MR) is 62.6 cm³/mol. The Kier molecular flexibility index (Phi) is 4.43. The molecule has 0 aliphatic carbocycles. The van der Waals surface area contributed by atoms with Crippen LogP contribution in [0.15, 0.2) is 18.2 Å². The van der Waals surface area contributed by atoms with E-state index in [-0.39, 0.29) is 5.91 Å². The SMILES string of the molecule is CCCC(=O)NCc1ccc(Cl)cc1N. The third-order valence-electron chi connectivity index (χ3n) is 2.06. The van der Waals surface area contributed by atoms with E-state index < -0.39 is 0 Å². The molecule has 4 heteroatoms. The molecular formula is C11H15ClN2O. The van der Waals surface area contributed by atoms with Gasteiger partial charge in [0.25, 0.3) is 0 Å². The van der Waals surface area contributed by atoms with Gasteiger partial charge in [0.2, 0.25) is 5.91 Å². The third kappa shape index (κ3) is 3.80. The summed E-state index contributed by atoms with van der Waals surface area (Å²) in [5.74, 6) is 0.0480. The number of halogens is 1. The van der Waals surface area contributed by atoms with Crippen LogP contribution < -0.4 is 11.1 Å². The molecule has 0 saturated heterocycles. The molecule has 3 N–H and O–H groups in total. The molecule has 0 aromatic heterocycles. The van der Waals surface area contributed by atoms with E-state index in [9.17, 15) is 4.79 Å². The zero-order valence-corrected chi connectivity index (χ0v) is 9.47. The molecule has 0 atom stereocenters. The highest BCUT2D eigenvalue weighted by Crippen LogP contribution is 2.17. The first-order valence-corrected chi connectivity index (χ1v) is 5.32. The van der Waals surface area contributed by atoms with Gasteiger partial charge in [-0.15, -0.1) is 0 Å². The molecular weight excluding hydrogens is 212 g/mol. The van der Waals surface area contributed by atoms with Gasteiger partial charge in [0.15, 0.2) is 0 Å². The molecule has 0 radical (unpaired) electrons. The van der Waals surface area contributed by atoms with Crippen LogP contribution in [0.3, 0.4) is 0 Å². The minimum atomic E-state index is 0.0480. The van der Waals surface area contributed by atoms with Crippen LogP contribution in [0.25, 0.3) is 0 Å². The summed E-state index contributed by atoms with van der Waals surface area (Å²) in [6, 6.07) is 5.27. The predicted octanol–water partition coefficient (Wildman–Crippen LogP) is 2.34. The Morgan fingerprint density at radius 2 is 2.27 bits per heavy atom. The minimum Gasteiger partial charge on any atom is -0.398 e. The maximum Gasteiger partial charge on any atom is 0.220 e. The summed E-state index contributed by atoms with van der Waals surface area (Å²) in [7, 11) is 0. The molecule has 0 aliphatic heterocycles. The van der Waals surface area contributed by atoms with Crippen LogP contribution >= 0.6 is 11.6 Å². The van der Waals surface area contributed by atoms with Crippen molar-refractivity contribution >= 4 is 23.2 Å². The lowest BCUT2D eigenvalue weighted by Crippen LogP contribution is -2.22. The van der Waals surface area contributed by atoms with E-state index in [1.54, 1.807) is 12.1 Å². The van der Waals surface area contributed by atoms with Gasteiger partial charge in [-0.2, -0.15) is 0 Å².